The minimum atomic E-state index is -0.219. The lowest BCUT2D eigenvalue weighted by molar-refractivity contribution is 0.271. The molecule has 32 heavy (non-hydrogen) atoms. The first-order valence-electron chi connectivity index (χ1n) is 11.4. The molecule has 170 valence electrons. The van der Waals surface area contributed by atoms with Crippen LogP contribution < -0.4 is 15.0 Å². The molecule has 1 aromatic heterocycles. The van der Waals surface area contributed by atoms with Crippen molar-refractivity contribution in [2.24, 2.45) is 13.0 Å². The number of benzene rings is 2. The van der Waals surface area contributed by atoms with E-state index in [1.54, 1.807) is 0 Å². The van der Waals surface area contributed by atoms with Crippen molar-refractivity contribution in [1.82, 2.24) is 20.1 Å². The zero-order valence-electron chi connectivity index (χ0n) is 19.1. The number of nitrogens with zero attached hydrogens (tertiary/aromatic N) is 4. The maximum Gasteiger partial charge on any atom is 0.224 e. The van der Waals surface area contributed by atoms with E-state index in [0.717, 1.165) is 48.8 Å². The molecule has 6 nitrogen and oxygen atoms in total. The van der Waals surface area contributed by atoms with Gasteiger partial charge in [0.1, 0.15) is 11.6 Å². The molecule has 1 aliphatic heterocycles. The van der Waals surface area contributed by atoms with Crippen molar-refractivity contribution >= 4 is 5.95 Å². The van der Waals surface area contributed by atoms with Crippen LogP contribution in [0.15, 0.2) is 48.5 Å². The third-order valence-corrected chi connectivity index (χ3v) is 5.71. The average molecular weight is 438 g/mol. The summed E-state index contributed by atoms with van der Waals surface area (Å²) in [5.74, 6) is 2.64. The predicted molar refractivity (Wildman–Crippen MR) is 125 cm³/mol. The summed E-state index contributed by atoms with van der Waals surface area (Å²) < 4.78 is 21.1. The van der Waals surface area contributed by atoms with Crippen molar-refractivity contribution in [2.45, 2.75) is 39.3 Å². The van der Waals surface area contributed by atoms with Gasteiger partial charge in [-0.2, -0.15) is 4.98 Å². The lowest BCUT2D eigenvalue weighted by Crippen LogP contribution is -2.44. The van der Waals surface area contributed by atoms with Gasteiger partial charge in [0.25, 0.3) is 0 Å². The summed E-state index contributed by atoms with van der Waals surface area (Å²) >= 11 is 0. The van der Waals surface area contributed by atoms with E-state index in [1.165, 1.54) is 12.1 Å². The number of nitrogens with one attached hydrogen (secondary N) is 1. The third kappa shape index (κ3) is 5.46. The van der Waals surface area contributed by atoms with Crippen LogP contribution in [-0.2, 0) is 13.6 Å². The zero-order chi connectivity index (χ0) is 22.5. The number of piperidine rings is 1. The number of hydrogen-bond donors (Lipinski definition) is 1. The van der Waals surface area contributed by atoms with Crippen molar-refractivity contribution in [3.63, 3.8) is 0 Å². The van der Waals surface area contributed by atoms with Gasteiger partial charge in [-0.15, -0.1) is 5.10 Å². The van der Waals surface area contributed by atoms with Crippen molar-refractivity contribution < 1.29 is 9.13 Å². The fraction of sp³-hybridized carbons (Fsp3) is 0.440. The number of anilines is 1. The van der Waals surface area contributed by atoms with Gasteiger partial charge < -0.3 is 15.0 Å². The summed E-state index contributed by atoms with van der Waals surface area (Å²) in [6, 6.07) is 15.0. The third-order valence-electron chi connectivity index (χ3n) is 5.71. The normalized spacial score (nSPS) is 14.7. The van der Waals surface area contributed by atoms with Gasteiger partial charge in [-0.05, 0) is 73.8 Å². The predicted octanol–water partition coefficient (Wildman–Crippen LogP) is 4.41. The van der Waals surface area contributed by atoms with Gasteiger partial charge in [0.2, 0.25) is 5.95 Å². The molecule has 0 unspecified atom stereocenters. The fourth-order valence-corrected chi connectivity index (χ4v) is 3.98. The van der Waals surface area contributed by atoms with Gasteiger partial charge in [-0.25, -0.2) is 9.07 Å². The molecule has 1 saturated heterocycles. The first-order valence-corrected chi connectivity index (χ1v) is 11.4. The number of aryl methyl sites for hydroxylation is 1. The molecule has 0 bridgehead atoms. The van der Waals surface area contributed by atoms with E-state index < -0.39 is 0 Å². The summed E-state index contributed by atoms with van der Waals surface area (Å²) in [5, 5.41) is 8.13. The minimum Gasteiger partial charge on any atom is -0.493 e. The van der Waals surface area contributed by atoms with Crippen molar-refractivity contribution in [3.05, 3.63) is 59.9 Å². The van der Waals surface area contributed by atoms with Crippen LogP contribution in [0, 0.1) is 11.7 Å². The van der Waals surface area contributed by atoms with E-state index in [2.05, 4.69) is 24.1 Å². The van der Waals surface area contributed by atoms with Crippen molar-refractivity contribution in [1.29, 1.82) is 0 Å². The molecule has 2 heterocycles. The lowest BCUT2D eigenvalue weighted by atomic mass is 10.0. The monoisotopic (exact) mass is 437 g/mol. The second kappa shape index (κ2) is 10.1. The molecule has 4 rings (SSSR count). The van der Waals surface area contributed by atoms with Crippen LogP contribution in [0.25, 0.3) is 11.4 Å². The minimum absolute atomic E-state index is 0.219. The maximum atomic E-state index is 13.4. The van der Waals surface area contributed by atoms with Crippen LogP contribution in [0.3, 0.4) is 0 Å². The highest BCUT2D eigenvalue weighted by atomic mass is 19.1. The van der Waals surface area contributed by atoms with Gasteiger partial charge in [0.15, 0.2) is 5.82 Å². The molecular weight excluding hydrogens is 405 g/mol. The lowest BCUT2D eigenvalue weighted by Gasteiger charge is -2.35. The zero-order valence-corrected chi connectivity index (χ0v) is 19.1. The van der Waals surface area contributed by atoms with Gasteiger partial charge in [-0.3, -0.25) is 0 Å². The van der Waals surface area contributed by atoms with Gasteiger partial charge in [-0.1, -0.05) is 26.0 Å². The van der Waals surface area contributed by atoms with E-state index in [9.17, 15) is 4.39 Å². The standard InChI is InChI=1S/C25H32FN5O/c1-18(2)17-32-23-10-6-20(7-11-23)24-28-25(30(3)29-24)31(22-12-14-27-15-13-22)16-19-4-8-21(26)9-5-19/h4-11,18,22,27H,12-17H2,1-3H3. The molecule has 0 spiro atoms. The van der Waals surface area contributed by atoms with Crippen LogP contribution in [0.4, 0.5) is 10.3 Å². The largest absolute Gasteiger partial charge is 0.493 e. The summed E-state index contributed by atoms with van der Waals surface area (Å²) in [5.41, 5.74) is 2.01. The molecule has 0 atom stereocenters. The fourth-order valence-electron chi connectivity index (χ4n) is 3.98. The molecule has 1 fully saturated rings. The topological polar surface area (TPSA) is 55.2 Å². The summed E-state index contributed by atoms with van der Waals surface area (Å²) in [4.78, 5) is 7.23. The Balaban J connectivity index is 1.58. The molecule has 0 radical (unpaired) electrons. The van der Waals surface area contributed by atoms with Crippen LogP contribution >= 0.6 is 0 Å². The SMILES string of the molecule is CC(C)COc1ccc(-c2nc(N(Cc3ccc(F)cc3)C3CCNCC3)n(C)n2)cc1. The van der Waals surface area contributed by atoms with E-state index in [4.69, 9.17) is 14.8 Å². The van der Waals surface area contributed by atoms with E-state index in [-0.39, 0.29) is 5.82 Å². The molecule has 1 N–H and O–H groups in total. The second-order valence-electron chi connectivity index (χ2n) is 8.82. The number of aromatic nitrogens is 3. The Morgan fingerprint density at radius 2 is 1.78 bits per heavy atom. The Labute approximate surface area is 189 Å². The number of hydrogen-bond acceptors (Lipinski definition) is 5. The molecule has 7 heteroatoms. The Morgan fingerprint density at radius 1 is 1.09 bits per heavy atom. The first-order chi connectivity index (χ1) is 15.5. The Kier molecular flexibility index (Phi) is 7.05. The molecule has 0 saturated carbocycles. The average Bonchev–Trinajstić information content (AvgIpc) is 3.19. The second-order valence-corrected chi connectivity index (χ2v) is 8.82. The first kappa shape index (κ1) is 22.3. The van der Waals surface area contributed by atoms with E-state index in [0.29, 0.717) is 30.9 Å². The smallest absolute Gasteiger partial charge is 0.224 e. The van der Waals surface area contributed by atoms with Gasteiger partial charge in [0.05, 0.1) is 6.61 Å². The molecular formula is C25H32FN5O. The summed E-state index contributed by atoms with van der Waals surface area (Å²) in [7, 11) is 1.94. The van der Waals surface area contributed by atoms with Crippen LogP contribution in [0.2, 0.25) is 0 Å². The number of ether oxygens (including phenoxy) is 1. The molecule has 0 aliphatic carbocycles. The summed E-state index contributed by atoms with van der Waals surface area (Å²) in [6.45, 7) is 7.58. The molecule has 3 aromatic rings. The quantitative estimate of drug-likeness (QED) is 0.566. The van der Waals surface area contributed by atoms with E-state index in [1.807, 2.05) is 48.1 Å². The van der Waals surface area contributed by atoms with Crippen LogP contribution in [-0.4, -0.2) is 40.5 Å². The van der Waals surface area contributed by atoms with Gasteiger partial charge in [0, 0.05) is 25.2 Å². The van der Waals surface area contributed by atoms with E-state index >= 15 is 0 Å². The molecule has 1 aliphatic rings. The molecule has 2 aromatic carbocycles. The highest BCUT2D eigenvalue weighted by Crippen LogP contribution is 2.27. The number of halogens is 1. The Hall–Kier alpha value is -2.93. The van der Waals surface area contributed by atoms with Gasteiger partial charge >= 0.3 is 0 Å². The summed E-state index contributed by atoms with van der Waals surface area (Å²) in [6.07, 6.45) is 2.07. The van der Waals surface area contributed by atoms with Crippen molar-refractivity contribution in [2.75, 3.05) is 24.6 Å². The molecule has 0 amide bonds. The van der Waals surface area contributed by atoms with Crippen LogP contribution in [0.5, 0.6) is 5.75 Å². The highest BCUT2D eigenvalue weighted by molar-refractivity contribution is 5.58. The Bertz CT molecular complexity index is 994. The maximum absolute atomic E-state index is 13.4. The number of rotatable bonds is 8. The van der Waals surface area contributed by atoms with Crippen molar-refractivity contribution in [3.8, 4) is 17.1 Å². The Morgan fingerprint density at radius 3 is 2.44 bits per heavy atom. The highest BCUT2D eigenvalue weighted by Gasteiger charge is 2.26. The van der Waals surface area contributed by atoms with Crippen LogP contribution in [0.1, 0.15) is 32.3 Å².